The lowest BCUT2D eigenvalue weighted by atomic mass is 10.1. The molecule has 0 spiro atoms. The Hall–Kier alpha value is -2.26. The van der Waals surface area contributed by atoms with E-state index in [-0.39, 0.29) is 0 Å². The monoisotopic (exact) mass is 283 g/mol. The second kappa shape index (κ2) is 5.02. The summed E-state index contributed by atoms with van der Waals surface area (Å²) in [4.78, 5) is 4.39. The molecule has 3 aromatic rings. The van der Waals surface area contributed by atoms with E-state index in [1.807, 2.05) is 54.0 Å². The molecule has 0 aliphatic carbocycles. The second-order valence-electron chi connectivity index (χ2n) is 4.58. The van der Waals surface area contributed by atoms with E-state index in [1.165, 1.54) is 0 Å². The number of nitrogen functional groups attached to an aromatic ring is 1. The van der Waals surface area contributed by atoms with Crippen LogP contribution in [0.15, 0.2) is 54.6 Å². The van der Waals surface area contributed by atoms with Crippen LogP contribution in [0.1, 0.15) is 5.69 Å². The number of aromatic nitrogens is 2. The highest BCUT2D eigenvalue weighted by Gasteiger charge is 2.15. The van der Waals surface area contributed by atoms with E-state index in [4.69, 9.17) is 17.3 Å². The minimum atomic E-state index is 0.476. The molecule has 4 heteroatoms. The van der Waals surface area contributed by atoms with E-state index in [1.54, 1.807) is 0 Å². The largest absolute Gasteiger partial charge is 0.369 e. The maximum absolute atomic E-state index is 6.07. The van der Waals surface area contributed by atoms with Crippen LogP contribution in [0.5, 0.6) is 0 Å². The zero-order chi connectivity index (χ0) is 14.1. The lowest BCUT2D eigenvalue weighted by molar-refractivity contribution is 1.08. The van der Waals surface area contributed by atoms with Crippen LogP contribution in [0.2, 0.25) is 5.02 Å². The van der Waals surface area contributed by atoms with Crippen LogP contribution in [0.25, 0.3) is 16.9 Å². The number of aryl methyl sites for hydroxylation is 1. The standard InChI is InChI=1S/C16H14ClN3/c1-11-15(12-5-3-2-4-6-12)20(16(18)19-11)14-9-7-13(17)8-10-14/h2-10H,1H3,(H2,18,19). The molecule has 3 nitrogen and oxygen atoms in total. The molecule has 0 atom stereocenters. The van der Waals surface area contributed by atoms with Crippen molar-refractivity contribution in [1.29, 1.82) is 0 Å². The summed E-state index contributed by atoms with van der Waals surface area (Å²) >= 11 is 5.94. The molecule has 20 heavy (non-hydrogen) atoms. The van der Waals surface area contributed by atoms with Crippen molar-refractivity contribution in [2.24, 2.45) is 0 Å². The highest BCUT2D eigenvalue weighted by molar-refractivity contribution is 6.30. The highest BCUT2D eigenvalue weighted by atomic mass is 35.5. The van der Waals surface area contributed by atoms with E-state index in [0.717, 1.165) is 22.6 Å². The van der Waals surface area contributed by atoms with Gasteiger partial charge in [-0.2, -0.15) is 0 Å². The second-order valence-corrected chi connectivity index (χ2v) is 5.02. The summed E-state index contributed by atoms with van der Waals surface area (Å²) in [5, 5.41) is 0.699. The molecule has 0 amide bonds. The molecule has 0 unspecified atom stereocenters. The van der Waals surface area contributed by atoms with Gasteiger partial charge in [-0.15, -0.1) is 0 Å². The van der Waals surface area contributed by atoms with Crippen molar-refractivity contribution in [3.63, 3.8) is 0 Å². The predicted molar refractivity (Wildman–Crippen MR) is 83.2 cm³/mol. The molecule has 3 rings (SSSR count). The molecule has 0 aliphatic rings. The van der Waals surface area contributed by atoms with Crippen molar-refractivity contribution in [3.8, 4) is 16.9 Å². The minimum Gasteiger partial charge on any atom is -0.369 e. The van der Waals surface area contributed by atoms with Crippen LogP contribution in [0, 0.1) is 6.92 Å². The zero-order valence-corrected chi connectivity index (χ0v) is 11.8. The molecule has 100 valence electrons. The average molecular weight is 284 g/mol. The SMILES string of the molecule is Cc1nc(N)n(-c2ccc(Cl)cc2)c1-c1ccccc1. The highest BCUT2D eigenvalue weighted by Crippen LogP contribution is 2.29. The van der Waals surface area contributed by atoms with Crippen molar-refractivity contribution in [2.75, 3.05) is 5.73 Å². The third-order valence-corrected chi connectivity index (χ3v) is 3.46. The normalized spacial score (nSPS) is 10.7. The first-order chi connectivity index (χ1) is 9.66. The Bertz CT molecular complexity index is 730. The van der Waals surface area contributed by atoms with Crippen LogP contribution in [-0.4, -0.2) is 9.55 Å². The molecule has 0 saturated carbocycles. The molecule has 1 aromatic heterocycles. The lowest BCUT2D eigenvalue weighted by Crippen LogP contribution is -2.02. The van der Waals surface area contributed by atoms with Crippen LogP contribution in [-0.2, 0) is 0 Å². The Labute approximate surface area is 122 Å². The summed E-state index contributed by atoms with van der Waals surface area (Å²) in [6.07, 6.45) is 0. The Morgan fingerprint density at radius 2 is 1.65 bits per heavy atom. The van der Waals surface area contributed by atoms with Crippen molar-refractivity contribution in [2.45, 2.75) is 6.92 Å². The van der Waals surface area contributed by atoms with Gasteiger partial charge in [0, 0.05) is 16.3 Å². The third kappa shape index (κ3) is 2.17. The summed E-state index contributed by atoms with van der Waals surface area (Å²) in [6.45, 7) is 1.96. The summed E-state index contributed by atoms with van der Waals surface area (Å²) in [6, 6.07) is 17.7. The molecule has 1 heterocycles. The topological polar surface area (TPSA) is 43.8 Å². The van der Waals surface area contributed by atoms with Crippen molar-refractivity contribution < 1.29 is 0 Å². The van der Waals surface area contributed by atoms with Gasteiger partial charge >= 0.3 is 0 Å². The molecule has 0 aliphatic heterocycles. The number of hydrogen-bond acceptors (Lipinski definition) is 2. The number of rotatable bonds is 2. The fourth-order valence-electron chi connectivity index (χ4n) is 2.34. The van der Waals surface area contributed by atoms with Crippen molar-refractivity contribution in [3.05, 3.63) is 65.3 Å². The number of benzene rings is 2. The Morgan fingerprint density at radius 3 is 2.30 bits per heavy atom. The smallest absolute Gasteiger partial charge is 0.205 e. The number of nitrogens with two attached hydrogens (primary N) is 1. The van der Waals surface area contributed by atoms with Gasteiger partial charge in [-0.05, 0) is 31.2 Å². The molecule has 0 bridgehead atoms. The van der Waals surface area contributed by atoms with Gasteiger partial charge in [0.05, 0.1) is 11.4 Å². The van der Waals surface area contributed by atoms with E-state index >= 15 is 0 Å². The van der Waals surface area contributed by atoms with Crippen molar-refractivity contribution >= 4 is 17.5 Å². The van der Waals surface area contributed by atoms with Gasteiger partial charge in [-0.3, -0.25) is 4.57 Å². The molecule has 0 saturated heterocycles. The molecule has 0 fully saturated rings. The van der Waals surface area contributed by atoms with Crippen molar-refractivity contribution in [1.82, 2.24) is 9.55 Å². The maximum atomic E-state index is 6.07. The fourth-order valence-corrected chi connectivity index (χ4v) is 2.46. The molecular formula is C16H14ClN3. The lowest BCUT2D eigenvalue weighted by Gasteiger charge is -2.11. The third-order valence-electron chi connectivity index (χ3n) is 3.21. The number of nitrogens with zero attached hydrogens (tertiary/aromatic N) is 2. The van der Waals surface area contributed by atoms with E-state index in [2.05, 4.69) is 17.1 Å². The van der Waals surface area contributed by atoms with Gasteiger partial charge in [0.2, 0.25) is 5.95 Å². The average Bonchev–Trinajstić information content (AvgIpc) is 2.75. The first-order valence-electron chi connectivity index (χ1n) is 6.33. The Morgan fingerprint density at radius 1 is 1.00 bits per heavy atom. The maximum Gasteiger partial charge on any atom is 0.205 e. The van der Waals surface area contributed by atoms with Crippen LogP contribution < -0.4 is 5.73 Å². The molecule has 2 aromatic carbocycles. The van der Waals surface area contributed by atoms with Crippen LogP contribution >= 0.6 is 11.6 Å². The van der Waals surface area contributed by atoms with E-state index in [9.17, 15) is 0 Å². The van der Waals surface area contributed by atoms with E-state index in [0.29, 0.717) is 11.0 Å². The van der Waals surface area contributed by atoms with Gasteiger partial charge in [-0.25, -0.2) is 4.98 Å². The summed E-state index contributed by atoms with van der Waals surface area (Å²) in [5.74, 6) is 0.476. The molecule has 2 N–H and O–H groups in total. The molecule has 0 radical (unpaired) electrons. The van der Waals surface area contributed by atoms with Crippen LogP contribution in [0.3, 0.4) is 0 Å². The zero-order valence-electron chi connectivity index (χ0n) is 11.0. The predicted octanol–water partition coefficient (Wildman–Crippen LogP) is 4.08. The molecular weight excluding hydrogens is 270 g/mol. The first kappa shape index (κ1) is 12.8. The van der Waals surface area contributed by atoms with E-state index < -0.39 is 0 Å². The minimum absolute atomic E-state index is 0.476. The van der Waals surface area contributed by atoms with Gasteiger partial charge in [0.25, 0.3) is 0 Å². The van der Waals surface area contributed by atoms with Gasteiger partial charge in [0.15, 0.2) is 0 Å². The first-order valence-corrected chi connectivity index (χ1v) is 6.71. The Kier molecular flexibility index (Phi) is 3.20. The van der Waals surface area contributed by atoms with Crippen LogP contribution in [0.4, 0.5) is 5.95 Å². The number of hydrogen-bond donors (Lipinski definition) is 1. The summed E-state index contributed by atoms with van der Waals surface area (Å²) in [7, 11) is 0. The Balaban J connectivity index is 2.23. The number of imidazole rings is 1. The number of anilines is 1. The summed E-state index contributed by atoms with van der Waals surface area (Å²) in [5.41, 5.74) is 10.0. The van der Waals surface area contributed by atoms with Gasteiger partial charge in [0.1, 0.15) is 0 Å². The number of halogens is 1. The fraction of sp³-hybridized carbons (Fsp3) is 0.0625. The quantitative estimate of drug-likeness (QED) is 0.770. The van der Waals surface area contributed by atoms with Gasteiger partial charge < -0.3 is 5.73 Å². The van der Waals surface area contributed by atoms with Gasteiger partial charge in [-0.1, -0.05) is 41.9 Å². The summed E-state index contributed by atoms with van der Waals surface area (Å²) < 4.78 is 1.95.